The van der Waals surface area contributed by atoms with Gasteiger partial charge in [-0.15, -0.1) is 0 Å². The van der Waals surface area contributed by atoms with Crippen molar-refractivity contribution in [1.29, 1.82) is 0 Å². The third kappa shape index (κ3) is 12.0. The molecule has 0 unspecified atom stereocenters. The van der Waals surface area contributed by atoms with Crippen LogP contribution in [0.5, 0.6) is 0 Å². The number of rotatable bonds is 10. The number of nitro groups is 1. The van der Waals surface area contributed by atoms with Crippen LogP contribution in [0.1, 0.15) is 59.3 Å². The molecule has 1 aromatic carbocycles. The first kappa shape index (κ1) is 21.4. The molecule has 0 bridgehead atoms. The third-order valence-corrected chi connectivity index (χ3v) is 14.4. The number of hydrogen-bond acceptors (Lipinski definition) is 2. The minimum absolute atomic E-state index is 0.137. The van der Waals surface area contributed by atoms with Gasteiger partial charge in [-0.3, -0.25) is 10.1 Å². The van der Waals surface area contributed by atoms with Gasteiger partial charge in [0.2, 0.25) is 0 Å². The van der Waals surface area contributed by atoms with Crippen molar-refractivity contribution in [2.45, 2.75) is 72.6 Å². The van der Waals surface area contributed by atoms with Gasteiger partial charge in [0.05, 0.1) is 4.92 Å². The molecule has 0 N–H and O–H groups in total. The smallest absolute Gasteiger partial charge is 0.258 e. The second-order valence-electron chi connectivity index (χ2n) is 5.89. The van der Waals surface area contributed by atoms with Crippen molar-refractivity contribution in [1.82, 2.24) is 0 Å². The number of benzene rings is 1. The SMILES string of the molecule is CCC[CH2][SnH]([CH2]CCC)[CH2]CCC.O=[N+]([O-])c1ccccc1. The maximum Gasteiger partial charge on any atom is 0.269 e. The summed E-state index contributed by atoms with van der Waals surface area (Å²) in [5.74, 6) is 0. The number of para-hydroxylation sites is 1. The Morgan fingerprint density at radius 2 is 1.27 bits per heavy atom. The summed E-state index contributed by atoms with van der Waals surface area (Å²) in [6, 6.07) is 7.93. The van der Waals surface area contributed by atoms with Crippen molar-refractivity contribution < 1.29 is 4.92 Å². The van der Waals surface area contributed by atoms with Crippen LogP contribution in [0.15, 0.2) is 30.3 Å². The van der Waals surface area contributed by atoms with Gasteiger partial charge >= 0.3 is 92.4 Å². The number of non-ortho nitro benzene ring substituents is 1. The van der Waals surface area contributed by atoms with Crippen molar-refractivity contribution >= 4 is 25.4 Å². The van der Waals surface area contributed by atoms with E-state index in [4.69, 9.17) is 0 Å². The van der Waals surface area contributed by atoms with E-state index in [2.05, 4.69) is 20.8 Å². The molecule has 0 atom stereocenters. The third-order valence-electron chi connectivity index (χ3n) is 3.86. The Hall–Kier alpha value is -0.581. The van der Waals surface area contributed by atoms with Gasteiger partial charge in [0, 0.05) is 12.1 Å². The summed E-state index contributed by atoms with van der Waals surface area (Å²) in [4.78, 5) is 9.59. The fraction of sp³-hybridized carbons (Fsp3) is 0.667. The Morgan fingerprint density at radius 3 is 1.55 bits per heavy atom. The topological polar surface area (TPSA) is 43.1 Å². The van der Waals surface area contributed by atoms with Crippen LogP contribution < -0.4 is 0 Å². The molecular formula is C18H33NO2Sn. The van der Waals surface area contributed by atoms with E-state index in [-0.39, 0.29) is 5.69 Å². The molecule has 0 amide bonds. The molecule has 1 aromatic rings. The Bertz CT molecular complexity index is 352. The number of nitrogens with zero attached hydrogens (tertiary/aromatic N) is 1. The number of nitro benzene ring substituents is 1. The van der Waals surface area contributed by atoms with Gasteiger partial charge in [0.25, 0.3) is 5.69 Å². The van der Waals surface area contributed by atoms with Crippen molar-refractivity contribution in [2.24, 2.45) is 0 Å². The molecule has 0 aliphatic heterocycles. The summed E-state index contributed by atoms with van der Waals surface area (Å²) < 4.78 is 5.08. The van der Waals surface area contributed by atoms with Gasteiger partial charge in [-0.05, 0) is 0 Å². The molecule has 4 heteroatoms. The molecule has 0 aromatic heterocycles. The van der Waals surface area contributed by atoms with Crippen LogP contribution >= 0.6 is 0 Å². The first-order chi connectivity index (χ1) is 10.7. The van der Waals surface area contributed by atoms with Crippen molar-refractivity contribution in [3.63, 3.8) is 0 Å². The minimum Gasteiger partial charge on any atom is -0.258 e. The zero-order valence-electron chi connectivity index (χ0n) is 14.6. The van der Waals surface area contributed by atoms with E-state index in [1.165, 1.54) is 50.7 Å². The van der Waals surface area contributed by atoms with E-state index in [0.717, 1.165) is 0 Å². The molecule has 0 saturated carbocycles. The second kappa shape index (κ2) is 15.3. The van der Waals surface area contributed by atoms with Gasteiger partial charge in [0.1, 0.15) is 0 Å². The zero-order valence-corrected chi connectivity index (χ0v) is 17.9. The fourth-order valence-corrected chi connectivity index (χ4v) is 13.4. The van der Waals surface area contributed by atoms with E-state index >= 15 is 0 Å². The summed E-state index contributed by atoms with van der Waals surface area (Å²) in [6.45, 7) is 7.01. The van der Waals surface area contributed by atoms with E-state index < -0.39 is 24.7 Å². The van der Waals surface area contributed by atoms with Crippen LogP contribution in [0.25, 0.3) is 0 Å². The maximum absolute atomic E-state index is 10.0. The molecule has 3 nitrogen and oxygen atoms in total. The van der Waals surface area contributed by atoms with Crippen molar-refractivity contribution in [3.05, 3.63) is 40.4 Å². The average molecular weight is 414 g/mol. The molecule has 0 aliphatic carbocycles. The summed E-state index contributed by atoms with van der Waals surface area (Å²) in [7, 11) is 0. The molecule has 0 fully saturated rings. The van der Waals surface area contributed by atoms with Crippen LogP contribution in [-0.2, 0) is 0 Å². The summed E-state index contributed by atoms with van der Waals surface area (Å²) in [6.07, 6.45) is 8.87. The zero-order chi connectivity index (χ0) is 16.6. The first-order valence-electron chi connectivity index (χ1n) is 8.85. The van der Waals surface area contributed by atoms with Gasteiger partial charge in [-0.1, -0.05) is 18.2 Å². The molecule has 0 radical (unpaired) electrons. The molecule has 0 spiro atoms. The van der Waals surface area contributed by atoms with E-state index in [0.29, 0.717) is 0 Å². The number of hydrogen-bond donors (Lipinski definition) is 0. The predicted molar refractivity (Wildman–Crippen MR) is 99.4 cm³/mol. The second-order valence-corrected chi connectivity index (χ2v) is 15.8. The monoisotopic (exact) mass is 415 g/mol. The Balaban J connectivity index is 0.000000425. The van der Waals surface area contributed by atoms with Crippen LogP contribution in [-0.4, -0.2) is 24.7 Å². The van der Waals surface area contributed by atoms with Crippen LogP contribution in [0, 0.1) is 10.1 Å². The van der Waals surface area contributed by atoms with Gasteiger partial charge in [0.15, 0.2) is 0 Å². The van der Waals surface area contributed by atoms with Gasteiger partial charge in [-0.25, -0.2) is 0 Å². The number of unbranched alkanes of at least 4 members (excludes halogenated alkanes) is 3. The fourth-order valence-electron chi connectivity index (χ4n) is 2.46. The largest absolute Gasteiger partial charge is 0.269 e. The van der Waals surface area contributed by atoms with Gasteiger partial charge < -0.3 is 0 Å². The van der Waals surface area contributed by atoms with Crippen molar-refractivity contribution in [3.8, 4) is 0 Å². The molecule has 0 aliphatic rings. The normalized spacial score (nSPS) is 10.2. The molecule has 0 saturated heterocycles. The van der Waals surface area contributed by atoms with E-state index in [9.17, 15) is 10.1 Å². The Morgan fingerprint density at radius 1 is 0.864 bits per heavy atom. The van der Waals surface area contributed by atoms with Crippen LogP contribution in [0.2, 0.25) is 13.3 Å². The summed E-state index contributed by atoms with van der Waals surface area (Å²) >= 11 is -0.967. The van der Waals surface area contributed by atoms with Crippen LogP contribution in [0.4, 0.5) is 5.69 Å². The molecule has 126 valence electrons. The molecule has 22 heavy (non-hydrogen) atoms. The summed E-state index contributed by atoms with van der Waals surface area (Å²) in [5.41, 5.74) is 0.137. The van der Waals surface area contributed by atoms with E-state index in [1.807, 2.05) is 0 Å². The standard InChI is InChI=1S/C6H5NO2.3C4H9.Sn.H/c8-7(9)6-4-2-1-3-5-6;3*1-3-4-2;;/h1-5H;3*1,3-4H2,2H3;;. The Labute approximate surface area is 143 Å². The summed E-state index contributed by atoms with van der Waals surface area (Å²) in [5, 5.41) is 10.0. The minimum atomic E-state index is -0.967. The van der Waals surface area contributed by atoms with Gasteiger partial charge in [-0.2, -0.15) is 0 Å². The quantitative estimate of drug-likeness (QED) is 0.260. The average Bonchev–Trinajstić information content (AvgIpc) is 2.55. The van der Waals surface area contributed by atoms with Crippen molar-refractivity contribution in [2.75, 3.05) is 0 Å². The van der Waals surface area contributed by atoms with E-state index in [1.54, 1.807) is 31.5 Å². The van der Waals surface area contributed by atoms with Crippen LogP contribution in [0.3, 0.4) is 0 Å². The molecular weight excluding hydrogens is 381 g/mol. The predicted octanol–water partition coefficient (Wildman–Crippen LogP) is 6.21. The Kier molecular flexibility index (Phi) is 14.9. The first-order valence-corrected chi connectivity index (χ1v) is 15.8. The maximum atomic E-state index is 10.0. The molecule has 0 heterocycles. The molecule has 1 rings (SSSR count).